The van der Waals surface area contributed by atoms with Gasteiger partial charge in [-0.15, -0.1) is 0 Å². The van der Waals surface area contributed by atoms with E-state index in [2.05, 4.69) is 42.5 Å². The minimum atomic E-state index is -1.76. The van der Waals surface area contributed by atoms with Crippen LogP contribution in [-0.2, 0) is 64.0 Å². The van der Waals surface area contributed by atoms with E-state index >= 15 is 0 Å². The van der Waals surface area contributed by atoms with E-state index in [-0.39, 0.29) is 38.6 Å². The van der Waals surface area contributed by atoms with E-state index < -0.39 is 146 Å². The Labute approximate surface area is 372 Å². The summed E-state index contributed by atoms with van der Waals surface area (Å²) in [4.78, 5) is 148. The van der Waals surface area contributed by atoms with Crippen molar-refractivity contribution in [2.75, 3.05) is 19.6 Å². The molecular formula is C39H59N11O15. The van der Waals surface area contributed by atoms with Crippen LogP contribution in [0.3, 0.4) is 0 Å². The summed E-state index contributed by atoms with van der Waals surface area (Å²) >= 11 is 0. The average Bonchev–Trinajstić information content (AvgIpc) is 3.23. The predicted octanol–water partition coefficient (Wildman–Crippen LogP) is -5.44. The molecule has 1 rings (SSSR count). The smallest absolute Gasteiger partial charge is 0.326 e. The summed E-state index contributed by atoms with van der Waals surface area (Å²) in [7, 11) is 0. The third kappa shape index (κ3) is 23.2. The molecule has 0 heterocycles. The van der Waals surface area contributed by atoms with Crippen LogP contribution in [0.15, 0.2) is 30.3 Å². The van der Waals surface area contributed by atoms with Crippen molar-refractivity contribution < 1.29 is 72.9 Å². The molecule has 0 aliphatic rings. The van der Waals surface area contributed by atoms with Crippen molar-refractivity contribution in [1.82, 2.24) is 42.5 Å². The van der Waals surface area contributed by atoms with Gasteiger partial charge in [0.05, 0.1) is 25.6 Å². The summed E-state index contributed by atoms with van der Waals surface area (Å²) in [6.45, 7) is 1.32. The van der Waals surface area contributed by atoms with E-state index in [1.54, 1.807) is 30.3 Å². The highest BCUT2D eigenvalue weighted by Gasteiger charge is 2.33. The van der Waals surface area contributed by atoms with E-state index in [4.69, 9.17) is 17.2 Å². The number of amides is 9. The first-order chi connectivity index (χ1) is 30.5. The number of carbonyl (C=O) groups is 12. The van der Waals surface area contributed by atoms with E-state index in [1.165, 1.54) is 13.8 Å². The molecule has 0 spiro atoms. The zero-order valence-corrected chi connectivity index (χ0v) is 35.9. The SMILES string of the molecule is C[C@H](NC(=O)CNC(=O)CNC(=O)[C@H](C)NC(=O)[C@H](CCCCN)NC(=O)[C@H](CCC(=O)O)NC(=O)[C@H](CC(=O)O)NC(=O)[C@@H](N)Cc1ccccc1)C(=O)N[C@@H](CCC(N)=O)C(=O)O. The van der Waals surface area contributed by atoms with Crippen molar-refractivity contribution in [3.63, 3.8) is 0 Å². The Morgan fingerprint density at radius 2 is 1.08 bits per heavy atom. The Morgan fingerprint density at radius 3 is 1.65 bits per heavy atom. The lowest BCUT2D eigenvalue weighted by atomic mass is 10.0. The van der Waals surface area contributed by atoms with Gasteiger partial charge < -0.3 is 75.1 Å². The Balaban J connectivity index is 2.91. The molecule has 9 amide bonds. The highest BCUT2D eigenvalue weighted by molar-refractivity contribution is 5.98. The van der Waals surface area contributed by atoms with Gasteiger partial charge in [0.25, 0.3) is 0 Å². The Bertz CT molecular complexity index is 1870. The van der Waals surface area contributed by atoms with Crippen LogP contribution >= 0.6 is 0 Å². The number of aliphatic carboxylic acids is 3. The number of nitrogens with one attached hydrogen (secondary N) is 8. The highest BCUT2D eigenvalue weighted by Crippen LogP contribution is 2.08. The second kappa shape index (κ2) is 29.2. The van der Waals surface area contributed by atoms with Gasteiger partial charge in [0, 0.05) is 12.8 Å². The Hall–Kier alpha value is -7.22. The predicted molar refractivity (Wildman–Crippen MR) is 225 cm³/mol. The largest absolute Gasteiger partial charge is 0.481 e. The molecule has 26 heteroatoms. The number of rotatable bonds is 31. The van der Waals surface area contributed by atoms with Gasteiger partial charge in [-0.05, 0) is 64.5 Å². The fraction of sp³-hybridized carbons (Fsp3) is 0.538. The van der Waals surface area contributed by atoms with Gasteiger partial charge in [-0.1, -0.05) is 30.3 Å². The van der Waals surface area contributed by atoms with Crippen molar-refractivity contribution in [2.45, 2.75) is 114 Å². The molecule has 0 aliphatic heterocycles. The van der Waals surface area contributed by atoms with E-state index in [0.717, 1.165) is 0 Å². The molecule has 1 aromatic rings. The van der Waals surface area contributed by atoms with Crippen molar-refractivity contribution >= 4 is 71.1 Å². The van der Waals surface area contributed by atoms with Crippen molar-refractivity contribution in [3.8, 4) is 0 Å². The second-order valence-electron chi connectivity index (χ2n) is 14.7. The fourth-order valence-corrected chi connectivity index (χ4v) is 5.61. The van der Waals surface area contributed by atoms with E-state index in [1.807, 2.05) is 0 Å². The maximum Gasteiger partial charge on any atom is 0.326 e. The van der Waals surface area contributed by atoms with Crippen molar-refractivity contribution in [3.05, 3.63) is 35.9 Å². The number of primary amides is 1. The van der Waals surface area contributed by atoms with E-state index in [9.17, 15) is 72.9 Å². The molecule has 360 valence electrons. The van der Waals surface area contributed by atoms with Gasteiger partial charge in [-0.3, -0.25) is 52.7 Å². The maximum atomic E-state index is 13.6. The molecule has 0 aromatic heterocycles. The number of hydrogen-bond acceptors (Lipinski definition) is 14. The third-order valence-electron chi connectivity index (χ3n) is 9.19. The van der Waals surface area contributed by atoms with Crippen LogP contribution in [0.5, 0.6) is 0 Å². The van der Waals surface area contributed by atoms with Crippen LogP contribution in [-0.4, -0.2) is 148 Å². The average molecular weight is 922 g/mol. The minimum absolute atomic E-state index is 0.0374. The minimum Gasteiger partial charge on any atom is -0.481 e. The topological polar surface area (TPSA) is 440 Å². The molecule has 0 saturated carbocycles. The van der Waals surface area contributed by atoms with Gasteiger partial charge >= 0.3 is 17.9 Å². The first-order valence-corrected chi connectivity index (χ1v) is 20.3. The van der Waals surface area contributed by atoms with Crippen LogP contribution in [0.25, 0.3) is 0 Å². The summed E-state index contributed by atoms with van der Waals surface area (Å²) in [5, 5.41) is 46.2. The number of carboxylic acids is 3. The number of nitrogens with two attached hydrogens (primary N) is 3. The highest BCUT2D eigenvalue weighted by atomic mass is 16.4. The molecule has 0 unspecified atom stereocenters. The van der Waals surface area contributed by atoms with Gasteiger partial charge in [0.2, 0.25) is 53.2 Å². The second-order valence-corrected chi connectivity index (χ2v) is 14.7. The lowest BCUT2D eigenvalue weighted by Gasteiger charge is -2.26. The lowest BCUT2D eigenvalue weighted by molar-refractivity contribution is -0.142. The van der Waals surface area contributed by atoms with Crippen LogP contribution in [0.2, 0.25) is 0 Å². The fourth-order valence-electron chi connectivity index (χ4n) is 5.61. The van der Waals surface area contributed by atoms with Crippen LogP contribution in [0, 0.1) is 0 Å². The maximum absolute atomic E-state index is 13.6. The van der Waals surface area contributed by atoms with Gasteiger partial charge in [0.1, 0.15) is 36.3 Å². The molecule has 0 bridgehead atoms. The van der Waals surface area contributed by atoms with Gasteiger partial charge in [0.15, 0.2) is 0 Å². The number of unbranched alkanes of at least 4 members (excludes halogenated alkanes) is 1. The molecule has 0 aliphatic carbocycles. The van der Waals surface area contributed by atoms with Gasteiger partial charge in [-0.2, -0.15) is 0 Å². The molecule has 0 fully saturated rings. The number of hydrogen-bond donors (Lipinski definition) is 14. The summed E-state index contributed by atoms with van der Waals surface area (Å²) in [5.41, 5.74) is 17.3. The van der Waals surface area contributed by atoms with Crippen molar-refractivity contribution in [2.24, 2.45) is 17.2 Å². The number of carboxylic acid groups (broad SMARTS) is 3. The third-order valence-corrected chi connectivity index (χ3v) is 9.19. The van der Waals surface area contributed by atoms with Crippen LogP contribution in [0.1, 0.15) is 70.8 Å². The molecule has 17 N–H and O–H groups in total. The zero-order valence-electron chi connectivity index (χ0n) is 35.9. The van der Waals surface area contributed by atoms with Crippen LogP contribution in [0.4, 0.5) is 0 Å². The molecule has 1 aromatic carbocycles. The van der Waals surface area contributed by atoms with Gasteiger partial charge in [-0.25, -0.2) is 4.79 Å². The number of benzene rings is 1. The number of carbonyl (C=O) groups excluding carboxylic acids is 9. The monoisotopic (exact) mass is 921 g/mol. The summed E-state index contributed by atoms with van der Waals surface area (Å²) in [6.07, 6.45) is -2.11. The quantitative estimate of drug-likeness (QED) is 0.0309. The summed E-state index contributed by atoms with van der Waals surface area (Å²) in [6, 6.07) is -1.50. The molecular weight excluding hydrogens is 862 g/mol. The molecule has 7 atom stereocenters. The Morgan fingerprint density at radius 1 is 0.554 bits per heavy atom. The van der Waals surface area contributed by atoms with E-state index in [0.29, 0.717) is 12.0 Å². The molecule has 0 saturated heterocycles. The summed E-state index contributed by atoms with van der Waals surface area (Å²) in [5.74, 6) is -12.6. The summed E-state index contributed by atoms with van der Waals surface area (Å²) < 4.78 is 0. The van der Waals surface area contributed by atoms with Crippen LogP contribution < -0.4 is 59.7 Å². The molecule has 0 radical (unpaired) electrons. The standard InChI is InChI=1S/C39H59N11O15/c1-20(33(58)44-18-29(52)43-19-30(53)45-21(2)34(59)49-26(39(64)65)11-13-28(42)51)46-36(61)24(10-6-7-15-40)47-37(62)25(12-14-31(54)55)48-38(63)27(17-32(56)57)50-35(60)23(41)16-22-8-4-3-5-9-22/h3-5,8-9,20-21,23-27H,6-7,10-19,40-41H2,1-2H3,(H2,42,51)(H,43,52)(H,44,58)(H,45,53)(H,46,61)(H,47,62)(H,48,63)(H,49,59)(H,50,60)(H,54,55)(H,56,57)(H,64,65)/t20-,21-,23-,24-,25-,26-,27-/m0/s1. The Kier molecular flexibility index (Phi) is 25.1. The zero-order chi connectivity index (χ0) is 49.2. The van der Waals surface area contributed by atoms with Crippen molar-refractivity contribution in [1.29, 1.82) is 0 Å². The lowest BCUT2D eigenvalue weighted by Crippen LogP contribution is -2.59. The first kappa shape index (κ1) is 55.8. The molecule has 65 heavy (non-hydrogen) atoms. The first-order valence-electron chi connectivity index (χ1n) is 20.3. The molecule has 26 nitrogen and oxygen atoms in total. The normalized spacial score (nSPS) is 13.9.